The van der Waals surface area contributed by atoms with E-state index < -0.39 is 15.9 Å². The molecule has 0 unspecified atom stereocenters. The molecule has 2 aromatic heterocycles. The van der Waals surface area contributed by atoms with Gasteiger partial charge in [0.25, 0.3) is 5.91 Å². The number of H-pyrrole nitrogens is 1. The number of carbonyl (C=O) groups is 1. The highest BCUT2D eigenvalue weighted by atomic mass is 32.2. The molecule has 30 heavy (non-hydrogen) atoms. The van der Waals surface area contributed by atoms with Crippen molar-refractivity contribution in [3.63, 3.8) is 0 Å². The van der Waals surface area contributed by atoms with Crippen LogP contribution in [0.1, 0.15) is 30.6 Å². The van der Waals surface area contributed by atoms with Gasteiger partial charge in [-0.05, 0) is 54.0 Å². The van der Waals surface area contributed by atoms with Gasteiger partial charge in [-0.1, -0.05) is 19.9 Å². The fourth-order valence-electron chi connectivity index (χ4n) is 3.74. The molecule has 1 aromatic carbocycles. The van der Waals surface area contributed by atoms with Gasteiger partial charge in [0, 0.05) is 18.7 Å². The molecule has 0 radical (unpaired) electrons. The number of piperidine rings is 1. The first-order valence-corrected chi connectivity index (χ1v) is 12.0. The molecule has 158 valence electrons. The zero-order chi connectivity index (χ0) is 21.3. The van der Waals surface area contributed by atoms with Gasteiger partial charge in [0.1, 0.15) is 0 Å². The maximum Gasteiger partial charge on any atom is 0.258 e. The van der Waals surface area contributed by atoms with Crippen LogP contribution in [0.3, 0.4) is 0 Å². The average molecular weight is 446 g/mol. The summed E-state index contributed by atoms with van der Waals surface area (Å²) < 4.78 is 27.5. The van der Waals surface area contributed by atoms with Gasteiger partial charge in [-0.15, -0.1) is 16.4 Å². The van der Waals surface area contributed by atoms with Crippen LogP contribution in [-0.4, -0.2) is 46.9 Å². The molecule has 1 saturated heterocycles. The van der Waals surface area contributed by atoms with Crippen LogP contribution in [-0.2, 0) is 10.0 Å². The van der Waals surface area contributed by atoms with Crippen molar-refractivity contribution in [3.05, 3.63) is 47.3 Å². The summed E-state index contributed by atoms with van der Waals surface area (Å²) in [5.74, 6) is 0.988. The van der Waals surface area contributed by atoms with Crippen molar-refractivity contribution in [3.8, 4) is 10.7 Å². The van der Waals surface area contributed by atoms with Gasteiger partial charge in [-0.2, -0.15) is 9.29 Å². The number of carbonyl (C=O) groups excluding carboxylic acids is 1. The van der Waals surface area contributed by atoms with Gasteiger partial charge in [0.15, 0.2) is 5.82 Å². The van der Waals surface area contributed by atoms with Crippen LogP contribution >= 0.6 is 11.3 Å². The summed E-state index contributed by atoms with van der Waals surface area (Å²) in [6, 6.07) is 9.77. The lowest BCUT2D eigenvalue weighted by atomic mass is 9.94. The Hall–Kier alpha value is -2.56. The lowest BCUT2D eigenvalue weighted by Gasteiger charge is -2.34. The summed E-state index contributed by atoms with van der Waals surface area (Å²) >= 11 is 1.51. The number of hydrogen-bond acceptors (Lipinski definition) is 6. The molecule has 8 nitrogen and oxygen atoms in total. The van der Waals surface area contributed by atoms with Crippen molar-refractivity contribution in [2.24, 2.45) is 11.8 Å². The van der Waals surface area contributed by atoms with Gasteiger partial charge < -0.3 is 0 Å². The third-order valence-electron chi connectivity index (χ3n) is 5.05. The Kier molecular flexibility index (Phi) is 5.72. The number of amides is 1. The SMILES string of the molecule is C[C@@H]1C[C@H](C)CN(S(=O)(=O)c2ccc(C(=O)Nc3n[nH]c(-c4cccs4)n3)cc2)C1. The molecule has 4 rings (SSSR count). The summed E-state index contributed by atoms with van der Waals surface area (Å²) in [4.78, 5) is 17.9. The molecule has 3 aromatic rings. The number of anilines is 1. The Balaban J connectivity index is 1.46. The van der Waals surface area contributed by atoms with Gasteiger partial charge in [0.05, 0.1) is 9.77 Å². The van der Waals surface area contributed by atoms with Crippen LogP contribution < -0.4 is 5.32 Å². The van der Waals surface area contributed by atoms with Crippen LogP contribution in [0.5, 0.6) is 0 Å². The molecule has 0 spiro atoms. The number of sulfonamides is 1. The third-order valence-corrected chi connectivity index (χ3v) is 7.78. The number of rotatable bonds is 5. The summed E-state index contributed by atoms with van der Waals surface area (Å²) in [5.41, 5.74) is 0.330. The minimum atomic E-state index is -3.58. The second kappa shape index (κ2) is 8.29. The Labute approximate surface area is 179 Å². The van der Waals surface area contributed by atoms with Gasteiger partial charge in [-0.3, -0.25) is 15.2 Å². The zero-order valence-electron chi connectivity index (χ0n) is 16.7. The number of hydrogen-bond donors (Lipinski definition) is 2. The minimum Gasteiger partial charge on any atom is -0.289 e. The molecule has 1 aliphatic rings. The largest absolute Gasteiger partial charge is 0.289 e. The standard InChI is InChI=1S/C20H23N5O3S2/c1-13-10-14(2)12-25(11-13)30(27,28)16-7-5-15(6-8-16)19(26)22-20-21-18(23-24-20)17-4-3-9-29-17/h3-9,13-14H,10-12H2,1-2H3,(H2,21,22,23,24,26)/t13-,14+. The first kappa shape index (κ1) is 20.7. The monoisotopic (exact) mass is 445 g/mol. The van der Waals surface area contributed by atoms with Crippen molar-refractivity contribution in [1.29, 1.82) is 0 Å². The fourth-order valence-corrected chi connectivity index (χ4v) is 6.09. The quantitative estimate of drug-likeness (QED) is 0.625. The van der Waals surface area contributed by atoms with E-state index in [4.69, 9.17) is 0 Å². The number of nitrogens with zero attached hydrogens (tertiary/aromatic N) is 3. The Morgan fingerprint density at radius 1 is 1.17 bits per heavy atom. The molecular formula is C20H23N5O3S2. The van der Waals surface area contributed by atoms with Gasteiger partial charge in [0.2, 0.25) is 16.0 Å². The molecule has 10 heteroatoms. The lowest BCUT2D eigenvalue weighted by molar-refractivity contribution is 0.102. The fraction of sp³-hybridized carbons (Fsp3) is 0.350. The van der Waals surface area contributed by atoms with Crippen LogP contribution in [0, 0.1) is 11.8 Å². The second-order valence-corrected chi connectivity index (χ2v) is 10.6. The van der Waals surface area contributed by atoms with E-state index in [1.807, 2.05) is 17.5 Å². The molecule has 2 N–H and O–H groups in total. The van der Waals surface area contributed by atoms with Gasteiger partial charge >= 0.3 is 0 Å². The smallest absolute Gasteiger partial charge is 0.258 e. The summed E-state index contributed by atoms with van der Waals surface area (Å²) in [7, 11) is -3.58. The van der Waals surface area contributed by atoms with Crippen molar-refractivity contribution in [1.82, 2.24) is 19.5 Å². The molecule has 2 atom stereocenters. The minimum absolute atomic E-state index is 0.163. The van der Waals surface area contributed by atoms with Gasteiger partial charge in [-0.25, -0.2) is 8.42 Å². The zero-order valence-corrected chi connectivity index (χ0v) is 18.3. The van der Waals surface area contributed by atoms with E-state index in [1.54, 1.807) is 4.31 Å². The molecular weight excluding hydrogens is 422 g/mol. The normalized spacial score (nSPS) is 20.2. The highest BCUT2D eigenvalue weighted by molar-refractivity contribution is 7.89. The number of aromatic nitrogens is 3. The Morgan fingerprint density at radius 2 is 1.87 bits per heavy atom. The Bertz CT molecular complexity index is 1110. The van der Waals surface area contributed by atoms with Crippen molar-refractivity contribution in [2.75, 3.05) is 18.4 Å². The van der Waals surface area contributed by atoms with Crippen LogP contribution in [0.2, 0.25) is 0 Å². The summed E-state index contributed by atoms with van der Waals surface area (Å²) in [6.07, 6.45) is 1.03. The molecule has 3 heterocycles. The van der Waals surface area contributed by atoms with E-state index >= 15 is 0 Å². The van der Waals surface area contributed by atoms with Crippen molar-refractivity contribution in [2.45, 2.75) is 25.2 Å². The van der Waals surface area contributed by atoms with E-state index in [1.165, 1.54) is 35.6 Å². The molecule has 0 bridgehead atoms. The van der Waals surface area contributed by atoms with E-state index in [-0.39, 0.29) is 10.8 Å². The van der Waals surface area contributed by atoms with Crippen molar-refractivity contribution >= 4 is 33.2 Å². The first-order chi connectivity index (χ1) is 14.3. The highest BCUT2D eigenvalue weighted by Crippen LogP contribution is 2.27. The second-order valence-electron chi connectivity index (χ2n) is 7.73. The maximum atomic E-state index is 13.0. The number of benzene rings is 1. The molecule has 1 aliphatic heterocycles. The number of aromatic amines is 1. The number of nitrogens with one attached hydrogen (secondary N) is 2. The Morgan fingerprint density at radius 3 is 2.50 bits per heavy atom. The van der Waals surface area contributed by atoms with Crippen LogP contribution in [0.25, 0.3) is 10.7 Å². The topological polar surface area (TPSA) is 108 Å². The molecule has 0 aliphatic carbocycles. The predicted octanol–water partition coefficient (Wildman–Crippen LogP) is 3.45. The van der Waals surface area contributed by atoms with Crippen LogP contribution in [0.15, 0.2) is 46.7 Å². The third kappa shape index (κ3) is 4.30. The molecule has 1 fully saturated rings. The van der Waals surface area contributed by atoms with E-state index in [2.05, 4.69) is 34.3 Å². The van der Waals surface area contributed by atoms with E-state index in [0.29, 0.717) is 36.3 Å². The summed E-state index contributed by atoms with van der Waals surface area (Å²) in [6.45, 7) is 5.18. The lowest BCUT2D eigenvalue weighted by Crippen LogP contribution is -2.42. The average Bonchev–Trinajstić information content (AvgIpc) is 3.39. The highest BCUT2D eigenvalue weighted by Gasteiger charge is 2.31. The predicted molar refractivity (Wildman–Crippen MR) is 116 cm³/mol. The first-order valence-electron chi connectivity index (χ1n) is 9.71. The van der Waals surface area contributed by atoms with Crippen molar-refractivity contribution < 1.29 is 13.2 Å². The number of thiophene rings is 1. The molecule has 0 saturated carbocycles. The van der Waals surface area contributed by atoms with E-state index in [0.717, 1.165) is 11.3 Å². The molecule has 1 amide bonds. The summed E-state index contributed by atoms with van der Waals surface area (Å²) in [5, 5.41) is 11.3. The maximum absolute atomic E-state index is 13.0. The van der Waals surface area contributed by atoms with Crippen LogP contribution in [0.4, 0.5) is 5.95 Å². The van der Waals surface area contributed by atoms with E-state index in [9.17, 15) is 13.2 Å².